The largest absolute Gasteiger partial charge is 0.435 e. The van der Waals surface area contributed by atoms with Gasteiger partial charge < -0.3 is 14.2 Å². The summed E-state index contributed by atoms with van der Waals surface area (Å²) in [5, 5.41) is 7.55. The third-order valence-electron chi connectivity index (χ3n) is 5.39. The highest BCUT2D eigenvalue weighted by Crippen LogP contribution is 2.22. The molecule has 4 rings (SSSR count). The fourth-order valence-corrected chi connectivity index (χ4v) is 3.69. The van der Waals surface area contributed by atoms with Gasteiger partial charge in [0, 0.05) is 38.2 Å². The Labute approximate surface area is 167 Å². The molecule has 9 heteroatoms. The van der Waals surface area contributed by atoms with Gasteiger partial charge in [-0.15, -0.1) is 0 Å². The molecule has 29 heavy (non-hydrogen) atoms. The van der Waals surface area contributed by atoms with Crippen LogP contribution in [0.4, 0.5) is 0 Å². The normalized spacial score (nSPS) is 16.9. The van der Waals surface area contributed by atoms with E-state index in [4.69, 9.17) is 9.05 Å². The first kappa shape index (κ1) is 19.1. The summed E-state index contributed by atoms with van der Waals surface area (Å²) in [7, 11) is 1.76. The molecule has 2 aromatic heterocycles. The lowest BCUT2D eigenvalue weighted by Gasteiger charge is -2.37. The summed E-state index contributed by atoms with van der Waals surface area (Å²) >= 11 is 0. The minimum Gasteiger partial charge on any atom is -0.435 e. The molecule has 1 aromatic carbocycles. The maximum atomic E-state index is 13.0. The quantitative estimate of drug-likeness (QED) is 0.666. The Hall–Kier alpha value is -3.23. The predicted octanol–water partition coefficient (Wildman–Crippen LogP) is 2.46. The number of likely N-dealkylation sites (N-methyl/N-ethyl adjacent to an activating group) is 1. The smallest absolute Gasteiger partial charge is 0.291 e. The Balaban J connectivity index is 1.48. The molecule has 1 fully saturated rings. The Morgan fingerprint density at radius 1 is 1.28 bits per heavy atom. The molecule has 0 N–H and O–H groups in total. The first-order chi connectivity index (χ1) is 14.0. The van der Waals surface area contributed by atoms with Crippen LogP contribution in [0.5, 0.6) is 0 Å². The van der Waals surface area contributed by atoms with E-state index in [2.05, 4.69) is 15.3 Å². The number of hydrogen-bond donors (Lipinski definition) is 0. The molecule has 0 radical (unpaired) electrons. The monoisotopic (exact) mass is 397 g/mol. The van der Waals surface area contributed by atoms with Crippen molar-refractivity contribution in [2.75, 3.05) is 20.1 Å². The number of carbonyl (C=O) groups excluding carboxylic acids is 2. The van der Waals surface area contributed by atoms with Crippen LogP contribution in [0.15, 0.2) is 27.2 Å². The van der Waals surface area contributed by atoms with E-state index in [0.717, 1.165) is 12.8 Å². The number of fused-ring (bicyclic) bond motifs is 1. The van der Waals surface area contributed by atoms with Crippen LogP contribution in [0.3, 0.4) is 0 Å². The highest BCUT2D eigenvalue weighted by Gasteiger charge is 2.31. The van der Waals surface area contributed by atoms with Gasteiger partial charge >= 0.3 is 0 Å². The number of carbonyl (C=O) groups is 2. The van der Waals surface area contributed by atoms with Crippen molar-refractivity contribution in [1.29, 1.82) is 0 Å². The topological polar surface area (TPSA) is 106 Å². The van der Waals surface area contributed by atoms with Crippen molar-refractivity contribution in [2.24, 2.45) is 0 Å². The van der Waals surface area contributed by atoms with Gasteiger partial charge in [-0.3, -0.25) is 9.59 Å². The van der Waals surface area contributed by atoms with E-state index >= 15 is 0 Å². The maximum Gasteiger partial charge on any atom is 0.291 e. The molecule has 1 aliphatic heterocycles. The third kappa shape index (κ3) is 3.59. The molecule has 1 saturated heterocycles. The van der Waals surface area contributed by atoms with Gasteiger partial charge in [0.05, 0.1) is 5.69 Å². The Morgan fingerprint density at radius 3 is 2.83 bits per heavy atom. The number of rotatable bonds is 4. The van der Waals surface area contributed by atoms with Crippen molar-refractivity contribution < 1.29 is 18.6 Å². The van der Waals surface area contributed by atoms with Crippen LogP contribution in [-0.4, -0.2) is 63.1 Å². The number of benzene rings is 1. The van der Waals surface area contributed by atoms with Crippen LogP contribution in [0.2, 0.25) is 0 Å². The second-order valence-corrected chi connectivity index (χ2v) is 7.31. The van der Waals surface area contributed by atoms with Gasteiger partial charge in [-0.25, -0.2) is 9.61 Å². The first-order valence-electron chi connectivity index (χ1n) is 9.73. The van der Waals surface area contributed by atoms with Crippen LogP contribution >= 0.6 is 0 Å². The first-order valence-corrected chi connectivity index (χ1v) is 9.73. The lowest BCUT2D eigenvalue weighted by Crippen LogP contribution is -2.50. The molecular weight excluding hydrogens is 374 g/mol. The number of nitrogens with zero attached hydrogens (tertiary/aromatic N) is 5. The second-order valence-electron chi connectivity index (χ2n) is 7.31. The number of amides is 2. The summed E-state index contributed by atoms with van der Waals surface area (Å²) in [6, 6.07) is 5.00. The Kier molecular flexibility index (Phi) is 5.04. The van der Waals surface area contributed by atoms with Crippen LogP contribution < -0.4 is 0 Å². The average Bonchev–Trinajstić information content (AvgIpc) is 3.37. The summed E-state index contributed by atoms with van der Waals surface area (Å²) in [6.45, 7) is 4.80. The van der Waals surface area contributed by atoms with E-state index in [-0.39, 0.29) is 17.9 Å². The summed E-state index contributed by atoms with van der Waals surface area (Å²) in [4.78, 5) is 33.6. The van der Waals surface area contributed by atoms with Crippen LogP contribution in [-0.2, 0) is 6.42 Å². The van der Waals surface area contributed by atoms with E-state index in [1.807, 2.05) is 6.92 Å². The summed E-state index contributed by atoms with van der Waals surface area (Å²) in [6.07, 6.45) is 2.28. The Bertz CT molecular complexity index is 1060. The number of aromatic nitrogens is 3. The van der Waals surface area contributed by atoms with Crippen molar-refractivity contribution in [1.82, 2.24) is 25.1 Å². The molecule has 0 bridgehead atoms. The zero-order valence-electron chi connectivity index (χ0n) is 16.7. The van der Waals surface area contributed by atoms with E-state index in [9.17, 15) is 9.59 Å². The van der Waals surface area contributed by atoms with Gasteiger partial charge in [-0.2, -0.15) is 0 Å². The number of hydrogen-bond acceptors (Lipinski definition) is 7. The van der Waals surface area contributed by atoms with Gasteiger partial charge in [0.2, 0.25) is 5.76 Å². The van der Waals surface area contributed by atoms with E-state index < -0.39 is 0 Å². The molecule has 0 aliphatic carbocycles. The van der Waals surface area contributed by atoms with Gasteiger partial charge in [0.15, 0.2) is 5.89 Å². The van der Waals surface area contributed by atoms with Crippen molar-refractivity contribution in [3.63, 3.8) is 0 Å². The van der Waals surface area contributed by atoms with E-state index in [0.29, 0.717) is 53.5 Å². The Morgan fingerprint density at radius 2 is 2.07 bits per heavy atom. The second kappa shape index (κ2) is 7.65. The predicted molar refractivity (Wildman–Crippen MR) is 103 cm³/mol. The number of piperidine rings is 1. The molecule has 0 saturated carbocycles. The van der Waals surface area contributed by atoms with E-state index in [1.165, 1.54) is 0 Å². The fraction of sp³-hybridized carbons (Fsp3) is 0.450. The van der Waals surface area contributed by atoms with Crippen molar-refractivity contribution in [3.05, 3.63) is 41.1 Å². The molecule has 0 unspecified atom stereocenters. The molecule has 3 aromatic rings. The summed E-state index contributed by atoms with van der Waals surface area (Å²) in [5.41, 5.74) is 2.26. The molecule has 9 nitrogen and oxygen atoms in total. The number of likely N-dealkylation sites (tertiary alicyclic amines) is 1. The van der Waals surface area contributed by atoms with Gasteiger partial charge in [-0.1, -0.05) is 6.92 Å². The summed E-state index contributed by atoms with van der Waals surface area (Å²) in [5.74, 6) is 0.554. The van der Waals surface area contributed by atoms with Gasteiger partial charge in [0.1, 0.15) is 11.0 Å². The van der Waals surface area contributed by atoms with Crippen LogP contribution in [0.1, 0.15) is 52.3 Å². The van der Waals surface area contributed by atoms with Crippen molar-refractivity contribution in [2.45, 2.75) is 39.2 Å². The van der Waals surface area contributed by atoms with Crippen LogP contribution in [0, 0.1) is 6.92 Å². The number of aryl methyl sites for hydroxylation is 2. The minimum absolute atomic E-state index is 0.0831. The highest BCUT2D eigenvalue weighted by atomic mass is 16.6. The molecular formula is C20H23N5O4. The molecule has 3 heterocycles. The lowest BCUT2D eigenvalue weighted by molar-refractivity contribution is 0.0502. The highest BCUT2D eigenvalue weighted by molar-refractivity contribution is 5.97. The van der Waals surface area contributed by atoms with Gasteiger partial charge in [-0.05, 0) is 48.3 Å². The van der Waals surface area contributed by atoms with Crippen molar-refractivity contribution in [3.8, 4) is 0 Å². The zero-order valence-corrected chi connectivity index (χ0v) is 16.7. The molecule has 2 amide bonds. The fourth-order valence-electron chi connectivity index (χ4n) is 3.69. The molecule has 0 spiro atoms. The van der Waals surface area contributed by atoms with E-state index in [1.54, 1.807) is 42.0 Å². The number of oxazole rings is 1. The van der Waals surface area contributed by atoms with Crippen molar-refractivity contribution >= 4 is 22.8 Å². The zero-order chi connectivity index (χ0) is 20.5. The lowest BCUT2D eigenvalue weighted by atomic mass is 10.0. The maximum absolute atomic E-state index is 13.0. The van der Waals surface area contributed by atoms with Gasteiger partial charge in [0.25, 0.3) is 11.8 Å². The minimum atomic E-state index is -0.171. The summed E-state index contributed by atoms with van der Waals surface area (Å²) < 4.78 is 10.3. The SMILES string of the molecule is CCc1nc(C)c(C(=O)N2CCC[C@H](N(C)C(=O)c3ccc4nonc4c3)C2)o1. The molecule has 152 valence electrons. The molecule has 1 atom stereocenters. The standard InChI is InChI=1S/C20H23N5O4/c1-4-17-21-12(2)18(28-17)20(27)25-9-5-6-14(11-25)24(3)19(26)13-7-8-15-16(10-13)23-29-22-15/h7-8,10,14H,4-6,9,11H2,1-3H3/t14-/m0/s1. The molecule has 1 aliphatic rings. The average molecular weight is 397 g/mol. The van der Waals surface area contributed by atoms with Crippen LogP contribution in [0.25, 0.3) is 11.0 Å². The third-order valence-corrected chi connectivity index (χ3v) is 5.39.